The zero-order chi connectivity index (χ0) is 5.21. The molecule has 0 aliphatic heterocycles. The Labute approximate surface area is 38.9 Å². The van der Waals surface area contributed by atoms with Crippen LogP contribution in [0, 0.1) is 0 Å². The zero-order valence-electron chi connectivity index (χ0n) is 3.46. The molecule has 36 valence electrons. The Morgan fingerprint density at radius 3 is 1.83 bits per heavy atom. The van der Waals surface area contributed by atoms with Crippen molar-refractivity contribution in [3.8, 4) is 0 Å². The average molecular weight is 124 g/mol. The Morgan fingerprint density at radius 1 is 1.67 bits per heavy atom. The van der Waals surface area contributed by atoms with Crippen LogP contribution in [0.2, 0.25) is 0 Å². The summed E-state index contributed by atoms with van der Waals surface area (Å²) >= 11 is 0. The molecule has 2 N–H and O–H groups in total. The van der Waals surface area contributed by atoms with Crippen LogP contribution in [0.1, 0.15) is 0 Å². The van der Waals surface area contributed by atoms with Crippen molar-refractivity contribution in [1.82, 2.24) is 0 Å². The van der Waals surface area contributed by atoms with Crippen molar-refractivity contribution in [2.75, 3.05) is 0 Å². The molecule has 0 unspecified atom stereocenters. The number of hydrogen-bond donors (Lipinski definition) is 2. The monoisotopic (exact) mass is 124 g/mol. The second-order valence-corrected chi connectivity index (χ2v) is 7.31. The van der Waals surface area contributed by atoms with E-state index in [2.05, 4.69) is 0 Å². The molecule has 0 spiro atoms. The second-order valence-electron chi connectivity index (χ2n) is 0.981. The molecule has 0 amide bonds. The highest BCUT2D eigenvalue weighted by molar-refractivity contribution is 7.88. The quantitative estimate of drug-likeness (QED) is 0.308. The van der Waals surface area contributed by atoms with Crippen LogP contribution >= 0.6 is 7.14 Å². The Hall–Kier alpha value is 0.432. The molecule has 0 fully saturated rings. The highest BCUT2D eigenvalue weighted by Gasteiger charge is 2.05. The normalized spacial score (nSPS) is 13.7. The third-order valence-corrected chi connectivity index (χ3v) is 3.71. The summed E-state index contributed by atoms with van der Waals surface area (Å²) in [6, 6.07) is 0. The minimum atomic E-state index is -3.51. The second kappa shape index (κ2) is 1.93. The maximum atomic E-state index is 9.76. The lowest BCUT2D eigenvalue weighted by molar-refractivity contribution is 0.394. The molecular weight excluding hydrogens is 118 g/mol. The van der Waals surface area contributed by atoms with Crippen molar-refractivity contribution in [2.24, 2.45) is 0 Å². The summed E-state index contributed by atoms with van der Waals surface area (Å²) in [5.41, 5.74) is 0. The molecule has 0 heterocycles. The van der Waals surface area contributed by atoms with Crippen molar-refractivity contribution in [3.63, 3.8) is 0 Å². The molecule has 0 aromatic rings. The van der Waals surface area contributed by atoms with Gasteiger partial charge in [0.05, 0.1) is 0 Å². The summed E-state index contributed by atoms with van der Waals surface area (Å²) in [5, 5.41) is 0. The van der Waals surface area contributed by atoms with Gasteiger partial charge < -0.3 is 9.79 Å². The van der Waals surface area contributed by atoms with Crippen LogP contribution in [-0.4, -0.2) is 26.3 Å². The van der Waals surface area contributed by atoms with Crippen LogP contribution in [0.5, 0.6) is 0 Å². The van der Waals surface area contributed by atoms with Crippen molar-refractivity contribution in [3.05, 3.63) is 0 Å². The van der Waals surface area contributed by atoms with Crippen LogP contribution in [0.4, 0.5) is 0 Å². The summed E-state index contributed by atoms with van der Waals surface area (Å²) in [4.78, 5) is 16.0. The molecule has 0 rings (SSSR count). The van der Waals surface area contributed by atoms with E-state index in [1.165, 1.54) is 0 Å². The molecule has 0 aliphatic carbocycles. The van der Waals surface area contributed by atoms with Crippen LogP contribution < -0.4 is 0 Å². The first kappa shape index (κ1) is 6.43. The standard InChI is InChI=1S/BH6O3PSi/c1-6-5(2,3)4/h1,6H2,(H2,2,3,4). The van der Waals surface area contributed by atoms with Crippen LogP contribution in [0.3, 0.4) is 0 Å². The molecule has 6 heteroatoms. The molecule has 0 radical (unpaired) electrons. The molecule has 0 aromatic carbocycles. The maximum Gasteiger partial charge on any atom is 0.277 e. The van der Waals surface area contributed by atoms with Gasteiger partial charge in [0, 0.05) is 0 Å². The molecule has 0 atom stereocenters. The molecule has 0 bridgehead atoms. The maximum absolute atomic E-state index is 9.76. The Bertz CT molecular complexity index is 74.9. The number of hydrogen-bond acceptors (Lipinski definition) is 1. The van der Waals surface area contributed by atoms with Gasteiger partial charge >= 0.3 is 0 Å². The molecular formula is H6BO3PSi. The van der Waals surface area contributed by atoms with Gasteiger partial charge in [0.15, 0.2) is 0 Å². The topological polar surface area (TPSA) is 57.5 Å². The largest absolute Gasteiger partial charge is 0.330 e. The van der Waals surface area contributed by atoms with Crippen LogP contribution in [0.25, 0.3) is 0 Å². The van der Waals surface area contributed by atoms with Crippen molar-refractivity contribution < 1.29 is 14.4 Å². The predicted molar refractivity (Wildman–Crippen MR) is 29.1 cm³/mol. The molecule has 0 saturated heterocycles. The summed E-state index contributed by atoms with van der Waals surface area (Å²) in [6.45, 7) is 0. The summed E-state index contributed by atoms with van der Waals surface area (Å²) < 4.78 is 9.76. The zero-order valence-corrected chi connectivity index (χ0v) is 5.77. The van der Waals surface area contributed by atoms with Gasteiger partial charge in [-0.1, -0.05) is 0 Å². The fourth-order valence-corrected chi connectivity index (χ4v) is 0. The van der Waals surface area contributed by atoms with E-state index in [0.717, 1.165) is 0 Å². The molecule has 0 aliphatic rings. The van der Waals surface area contributed by atoms with E-state index in [0.29, 0.717) is 0 Å². The van der Waals surface area contributed by atoms with Gasteiger partial charge in [0.2, 0.25) is 0 Å². The van der Waals surface area contributed by atoms with Crippen molar-refractivity contribution >= 4 is 23.6 Å². The molecule has 0 saturated carbocycles. The fourth-order valence-electron chi connectivity index (χ4n) is 0. The molecule has 6 heavy (non-hydrogen) atoms. The minimum Gasteiger partial charge on any atom is -0.330 e. The van der Waals surface area contributed by atoms with Crippen LogP contribution in [-0.2, 0) is 4.57 Å². The van der Waals surface area contributed by atoms with Crippen LogP contribution in [0.15, 0.2) is 0 Å². The van der Waals surface area contributed by atoms with Gasteiger partial charge in [-0.2, -0.15) is 0 Å². The smallest absolute Gasteiger partial charge is 0.277 e. The SMILES string of the molecule is B[SiH2]P(=O)(O)O. The summed E-state index contributed by atoms with van der Waals surface area (Å²) in [7, 11) is -3.00. The van der Waals surface area contributed by atoms with Gasteiger partial charge in [0.1, 0.15) is 16.5 Å². The first-order valence-electron chi connectivity index (χ1n) is 1.61. The first-order chi connectivity index (χ1) is 2.56. The third kappa shape index (κ3) is 4.43. The van der Waals surface area contributed by atoms with Gasteiger partial charge in [-0.25, -0.2) is 0 Å². The van der Waals surface area contributed by atoms with Gasteiger partial charge in [-0.05, 0) is 0 Å². The van der Waals surface area contributed by atoms with E-state index in [1.807, 2.05) is 0 Å². The lowest BCUT2D eigenvalue weighted by Crippen LogP contribution is -1.88. The summed E-state index contributed by atoms with van der Waals surface area (Å²) in [5.74, 6) is 0. The van der Waals surface area contributed by atoms with Gasteiger partial charge in [0.25, 0.3) is 7.14 Å². The summed E-state index contributed by atoms with van der Waals surface area (Å²) in [6.07, 6.45) is 0. The van der Waals surface area contributed by atoms with Gasteiger partial charge in [-0.3, -0.25) is 4.57 Å². The number of rotatable bonds is 1. The van der Waals surface area contributed by atoms with E-state index in [4.69, 9.17) is 9.79 Å². The van der Waals surface area contributed by atoms with E-state index >= 15 is 0 Å². The first-order valence-corrected chi connectivity index (χ1v) is 6.72. The van der Waals surface area contributed by atoms with E-state index < -0.39 is 16.2 Å². The fraction of sp³-hybridized carbons (Fsp3) is 0. The Balaban J connectivity index is 3.48. The van der Waals surface area contributed by atoms with E-state index in [-0.39, 0.29) is 0 Å². The Morgan fingerprint density at radius 2 is 1.83 bits per heavy atom. The van der Waals surface area contributed by atoms with Gasteiger partial charge in [-0.15, -0.1) is 0 Å². The van der Waals surface area contributed by atoms with E-state index in [9.17, 15) is 4.57 Å². The van der Waals surface area contributed by atoms with Crippen molar-refractivity contribution in [2.45, 2.75) is 0 Å². The third-order valence-electron chi connectivity index (χ3n) is 0.412. The lowest BCUT2D eigenvalue weighted by atomic mass is 10.8. The minimum absolute atomic E-state index is 1.08. The average Bonchev–Trinajstić information content (AvgIpc) is 1.35. The van der Waals surface area contributed by atoms with Crippen molar-refractivity contribution in [1.29, 1.82) is 0 Å². The Kier molecular flexibility index (Phi) is 2.07. The highest BCUT2D eigenvalue weighted by Crippen LogP contribution is 2.29. The molecule has 3 nitrogen and oxygen atoms in total. The highest BCUT2D eigenvalue weighted by atomic mass is 31.4. The van der Waals surface area contributed by atoms with E-state index in [1.54, 1.807) is 7.44 Å². The molecule has 0 aromatic heterocycles. The predicted octanol–water partition coefficient (Wildman–Crippen LogP) is -2.20. The lowest BCUT2D eigenvalue weighted by Gasteiger charge is -1.92.